The van der Waals surface area contributed by atoms with Gasteiger partial charge in [-0.1, -0.05) is 25.0 Å². The molecule has 4 rings (SSSR count). The van der Waals surface area contributed by atoms with Gasteiger partial charge in [0.25, 0.3) is 5.97 Å². The lowest BCUT2D eigenvalue weighted by Crippen LogP contribution is -2.61. The number of aliphatic hydroxyl groups excluding tert-OH is 1. The number of hydrogen-bond donors (Lipinski definition) is 4. The third-order valence-corrected chi connectivity index (χ3v) is 8.12. The van der Waals surface area contributed by atoms with E-state index in [0.29, 0.717) is 24.7 Å². The first kappa shape index (κ1) is 16.1. The maximum absolute atomic E-state index is 10.5. The Hall–Kier alpha value is -0.420. The van der Waals surface area contributed by atoms with Gasteiger partial charge < -0.3 is 20.4 Å². The Balaban J connectivity index is 1.73. The summed E-state index contributed by atoms with van der Waals surface area (Å²) in [6, 6.07) is 0. The summed E-state index contributed by atoms with van der Waals surface area (Å²) in [4.78, 5) is 0. The highest BCUT2D eigenvalue weighted by Gasteiger charge is 2.67. The lowest BCUT2D eigenvalue weighted by molar-refractivity contribution is -0.404. The molecule has 0 aliphatic heterocycles. The monoisotopic (exact) mass is 322 g/mol. The van der Waals surface area contributed by atoms with Gasteiger partial charge in [-0.3, -0.25) is 0 Å². The lowest BCUT2D eigenvalue weighted by atomic mass is 9.47. The quantitative estimate of drug-likeness (QED) is 0.441. The summed E-state index contributed by atoms with van der Waals surface area (Å²) in [6.07, 6.45) is 10.3. The van der Waals surface area contributed by atoms with E-state index in [9.17, 15) is 20.4 Å². The molecular formula is C19H30O4. The number of fused-ring (bicyclic) bond motifs is 5. The van der Waals surface area contributed by atoms with Gasteiger partial charge in [0, 0.05) is 0 Å². The molecule has 0 heterocycles. The molecule has 0 spiro atoms. The topological polar surface area (TPSA) is 80.9 Å². The maximum atomic E-state index is 10.5. The summed E-state index contributed by atoms with van der Waals surface area (Å²) >= 11 is 0. The van der Waals surface area contributed by atoms with Crippen LogP contribution in [-0.2, 0) is 0 Å². The van der Waals surface area contributed by atoms with Crippen molar-refractivity contribution in [2.45, 2.75) is 76.8 Å². The van der Waals surface area contributed by atoms with Crippen molar-refractivity contribution in [3.63, 3.8) is 0 Å². The highest BCUT2D eigenvalue weighted by molar-refractivity contribution is 5.25. The minimum atomic E-state index is -2.78. The summed E-state index contributed by atoms with van der Waals surface area (Å²) in [5, 5.41) is 40.8. The van der Waals surface area contributed by atoms with Gasteiger partial charge in [-0.15, -0.1) is 0 Å². The third-order valence-electron chi connectivity index (χ3n) is 8.12. The van der Waals surface area contributed by atoms with Crippen LogP contribution < -0.4 is 0 Å². The van der Waals surface area contributed by atoms with Gasteiger partial charge in [0.2, 0.25) is 0 Å². The van der Waals surface area contributed by atoms with Crippen molar-refractivity contribution in [3.05, 3.63) is 11.6 Å². The number of aliphatic hydroxyl groups is 4. The molecular weight excluding hydrogens is 292 g/mol. The van der Waals surface area contributed by atoms with Crippen LogP contribution in [0.3, 0.4) is 0 Å². The molecule has 1 unspecified atom stereocenters. The molecule has 3 saturated carbocycles. The zero-order valence-electron chi connectivity index (χ0n) is 14.0. The van der Waals surface area contributed by atoms with Crippen LogP contribution in [0.2, 0.25) is 0 Å². The minimum Gasteiger partial charge on any atom is -0.392 e. The van der Waals surface area contributed by atoms with Gasteiger partial charge in [-0.05, 0) is 74.5 Å². The Kier molecular flexibility index (Phi) is 3.52. The molecule has 0 bridgehead atoms. The Morgan fingerprint density at radius 3 is 2.57 bits per heavy atom. The van der Waals surface area contributed by atoms with Crippen LogP contribution in [0.1, 0.15) is 64.7 Å². The maximum Gasteiger partial charge on any atom is 0.284 e. The molecule has 0 saturated heterocycles. The largest absolute Gasteiger partial charge is 0.392 e. The van der Waals surface area contributed by atoms with Gasteiger partial charge in [0.1, 0.15) is 0 Å². The average Bonchev–Trinajstić information content (AvgIpc) is 2.85. The van der Waals surface area contributed by atoms with Crippen molar-refractivity contribution in [2.24, 2.45) is 28.6 Å². The number of rotatable bonds is 1. The molecule has 4 N–H and O–H groups in total. The molecule has 0 radical (unpaired) electrons. The lowest BCUT2D eigenvalue weighted by Gasteiger charge is -2.59. The van der Waals surface area contributed by atoms with Gasteiger partial charge in [0.05, 0.1) is 11.5 Å². The van der Waals surface area contributed by atoms with Gasteiger partial charge in [0.15, 0.2) is 0 Å². The molecule has 0 amide bonds. The standard InChI is InChI=1S/C19H30O4/c1-17-10-3-2-4-12(17)5-6-13-14(17)9-11-18(19(21,22)23)15(13)7-8-16(18)20/h5,13-16,20-23H,2-4,6-11H2,1H3/t13-,14+,15+,16?,17+,18-/m1/s1. The summed E-state index contributed by atoms with van der Waals surface area (Å²) in [6.45, 7) is 2.40. The summed E-state index contributed by atoms with van der Waals surface area (Å²) < 4.78 is 0. The molecule has 4 aliphatic carbocycles. The van der Waals surface area contributed by atoms with E-state index in [1.54, 1.807) is 5.57 Å². The van der Waals surface area contributed by atoms with Crippen LogP contribution in [0.15, 0.2) is 11.6 Å². The van der Waals surface area contributed by atoms with E-state index in [1.165, 1.54) is 25.7 Å². The molecule has 0 aromatic carbocycles. The van der Waals surface area contributed by atoms with Crippen molar-refractivity contribution in [2.75, 3.05) is 0 Å². The van der Waals surface area contributed by atoms with Crippen LogP contribution in [0.4, 0.5) is 0 Å². The highest BCUT2D eigenvalue weighted by atomic mass is 16.7. The normalized spacial score (nSPS) is 49.9. The van der Waals surface area contributed by atoms with E-state index in [4.69, 9.17) is 0 Å². The van der Waals surface area contributed by atoms with Gasteiger partial charge in [-0.2, -0.15) is 0 Å². The second-order valence-electron chi connectivity index (χ2n) is 8.77. The highest BCUT2D eigenvalue weighted by Crippen LogP contribution is 2.66. The first-order valence-corrected chi connectivity index (χ1v) is 9.35. The first-order chi connectivity index (χ1) is 10.8. The molecule has 4 heteroatoms. The number of allylic oxidation sites excluding steroid dienone is 2. The van der Waals surface area contributed by atoms with Gasteiger partial charge in [-0.25, -0.2) is 0 Å². The van der Waals surface area contributed by atoms with Crippen molar-refractivity contribution >= 4 is 0 Å². The molecule has 4 nitrogen and oxygen atoms in total. The van der Waals surface area contributed by atoms with E-state index < -0.39 is 17.5 Å². The molecule has 6 atom stereocenters. The molecule has 4 aliphatic rings. The Bertz CT molecular complexity index is 522. The van der Waals surface area contributed by atoms with Crippen molar-refractivity contribution in [1.29, 1.82) is 0 Å². The summed E-state index contributed by atoms with van der Waals surface area (Å²) in [5.74, 6) is -1.89. The molecule has 130 valence electrons. The van der Waals surface area contributed by atoms with E-state index in [0.717, 1.165) is 19.3 Å². The predicted molar refractivity (Wildman–Crippen MR) is 86.0 cm³/mol. The minimum absolute atomic E-state index is 0.00667. The third kappa shape index (κ3) is 1.98. The average molecular weight is 322 g/mol. The SMILES string of the molecule is C[C@]12CCCCC1=CC[C@@H]1[C@@H]2CC[C@]2(C(O)(O)O)C(O)CC[C@@H]12. The van der Waals surface area contributed by atoms with E-state index in [-0.39, 0.29) is 11.3 Å². The second kappa shape index (κ2) is 5.04. The van der Waals surface area contributed by atoms with E-state index in [1.807, 2.05) is 0 Å². The predicted octanol–water partition coefficient (Wildman–Crippen LogP) is 2.31. The fraction of sp³-hybridized carbons (Fsp3) is 0.895. The Morgan fingerprint density at radius 1 is 1.04 bits per heavy atom. The molecule has 0 aromatic heterocycles. The molecule has 3 fully saturated rings. The number of hydrogen-bond acceptors (Lipinski definition) is 4. The fourth-order valence-electron chi connectivity index (χ4n) is 6.99. The molecule has 0 aromatic rings. The van der Waals surface area contributed by atoms with Crippen molar-refractivity contribution in [1.82, 2.24) is 0 Å². The summed E-state index contributed by atoms with van der Waals surface area (Å²) in [7, 11) is 0. The Morgan fingerprint density at radius 2 is 1.83 bits per heavy atom. The van der Waals surface area contributed by atoms with Crippen LogP contribution in [0.25, 0.3) is 0 Å². The molecule has 23 heavy (non-hydrogen) atoms. The summed E-state index contributed by atoms with van der Waals surface area (Å²) in [5.41, 5.74) is 0.688. The van der Waals surface area contributed by atoms with Crippen LogP contribution in [0, 0.1) is 28.6 Å². The second-order valence-corrected chi connectivity index (χ2v) is 8.77. The fourth-order valence-corrected chi connectivity index (χ4v) is 6.99. The first-order valence-electron chi connectivity index (χ1n) is 9.35. The van der Waals surface area contributed by atoms with Crippen LogP contribution in [-0.4, -0.2) is 32.5 Å². The van der Waals surface area contributed by atoms with E-state index in [2.05, 4.69) is 13.0 Å². The van der Waals surface area contributed by atoms with Crippen LogP contribution >= 0.6 is 0 Å². The smallest absolute Gasteiger partial charge is 0.284 e. The Labute approximate surface area is 138 Å². The van der Waals surface area contributed by atoms with Crippen LogP contribution in [0.5, 0.6) is 0 Å². The van der Waals surface area contributed by atoms with Gasteiger partial charge >= 0.3 is 0 Å². The van der Waals surface area contributed by atoms with E-state index >= 15 is 0 Å². The van der Waals surface area contributed by atoms with Crippen molar-refractivity contribution < 1.29 is 20.4 Å². The van der Waals surface area contributed by atoms with Crippen molar-refractivity contribution in [3.8, 4) is 0 Å². The zero-order chi connectivity index (χ0) is 16.5. The zero-order valence-corrected chi connectivity index (χ0v) is 14.0.